The van der Waals surface area contributed by atoms with Crippen LogP contribution in [0.4, 0.5) is 0 Å². The summed E-state index contributed by atoms with van der Waals surface area (Å²) in [6, 6.07) is 0. The summed E-state index contributed by atoms with van der Waals surface area (Å²) >= 11 is 0. The van der Waals surface area contributed by atoms with E-state index < -0.39 is 32.5 Å². The zero-order chi connectivity index (χ0) is 40.0. The monoisotopic (exact) mass is 782 g/mol. The lowest BCUT2D eigenvalue weighted by molar-refractivity contribution is -0.870. The number of unbranched alkanes of at least 4 members (excludes halogenated alkanes) is 16. The zero-order valence-corrected chi connectivity index (χ0v) is 36.0. The van der Waals surface area contributed by atoms with Gasteiger partial charge in [-0.25, -0.2) is 0 Å². The maximum atomic E-state index is 12.6. The minimum atomic E-state index is -4.64. The Balaban J connectivity index is 4.50. The third-order valence-electron chi connectivity index (χ3n) is 8.87. The number of ether oxygens (including phenoxy) is 2. The summed E-state index contributed by atoms with van der Waals surface area (Å²) in [6.07, 6.45) is 41.5. The second-order valence-corrected chi connectivity index (χ2v) is 16.8. The fraction of sp³-hybridized carbons (Fsp3) is 0.773. The Bertz CT molecular complexity index is 1070. The van der Waals surface area contributed by atoms with E-state index in [0.29, 0.717) is 17.4 Å². The molecular formula is C44H80NO8P. The van der Waals surface area contributed by atoms with Crippen LogP contribution < -0.4 is 4.89 Å². The van der Waals surface area contributed by atoms with E-state index >= 15 is 0 Å². The van der Waals surface area contributed by atoms with E-state index in [4.69, 9.17) is 18.5 Å². The molecule has 0 radical (unpaired) electrons. The van der Waals surface area contributed by atoms with Crippen molar-refractivity contribution >= 4 is 19.8 Å². The quantitative estimate of drug-likeness (QED) is 0.0200. The number of phosphoric ester groups is 1. The highest BCUT2D eigenvalue weighted by Crippen LogP contribution is 2.38. The topological polar surface area (TPSA) is 111 Å². The summed E-state index contributed by atoms with van der Waals surface area (Å²) in [5.74, 6) is -0.928. The largest absolute Gasteiger partial charge is 0.756 e. The van der Waals surface area contributed by atoms with Crippen molar-refractivity contribution < 1.29 is 42.1 Å². The first-order valence-corrected chi connectivity index (χ1v) is 22.8. The minimum Gasteiger partial charge on any atom is -0.756 e. The maximum Gasteiger partial charge on any atom is 0.306 e. The van der Waals surface area contributed by atoms with Gasteiger partial charge >= 0.3 is 11.9 Å². The molecule has 0 fully saturated rings. The van der Waals surface area contributed by atoms with Gasteiger partial charge in [0.25, 0.3) is 7.82 Å². The van der Waals surface area contributed by atoms with Crippen molar-refractivity contribution in [3.63, 3.8) is 0 Å². The van der Waals surface area contributed by atoms with E-state index in [1.165, 1.54) is 96.3 Å². The van der Waals surface area contributed by atoms with Gasteiger partial charge in [-0.3, -0.25) is 14.2 Å². The smallest absolute Gasteiger partial charge is 0.306 e. The number of rotatable bonds is 38. The van der Waals surface area contributed by atoms with Gasteiger partial charge in [-0.15, -0.1) is 0 Å². The summed E-state index contributed by atoms with van der Waals surface area (Å²) in [7, 11) is 1.12. The third-order valence-corrected chi connectivity index (χ3v) is 9.83. The number of allylic oxidation sites excluding steroid dienone is 8. The number of hydrogen-bond acceptors (Lipinski definition) is 8. The standard InChI is InChI=1S/C44H80NO8P/c1-6-8-10-12-14-16-18-20-21-22-23-25-27-29-31-33-35-37-44(47)53-42(41-52-54(48,49)51-39-38-45(3,4)5)40-50-43(46)36-34-32-30-28-26-24-19-17-15-13-11-9-7-2/h16,18,21-22,25,27,31,33,42H,6-15,17,19-20,23-24,26,28-30,32,34-41H2,1-5H3/b18-16-,22-21-,27-25-,33-31-. The molecule has 0 aromatic heterocycles. The Hall–Kier alpha value is -2.03. The van der Waals surface area contributed by atoms with Crippen molar-refractivity contribution in [2.75, 3.05) is 47.5 Å². The van der Waals surface area contributed by atoms with Crippen molar-refractivity contribution in [1.82, 2.24) is 0 Å². The summed E-state index contributed by atoms with van der Waals surface area (Å²) < 4.78 is 33.7. The average molecular weight is 782 g/mol. The molecule has 0 rings (SSSR count). The molecule has 0 aliphatic heterocycles. The summed E-state index contributed by atoms with van der Waals surface area (Å²) in [6.45, 7) is 4.12. The first-order chi connectivity index (χ1) is 26.0. The number of quaternary nitrogens is 1. The van der Waals surface area contributed by atoms with E-state index in [9.17, 15) is 19.0 Å². The van der Waals surface area contributed by atoms with Gasteiger partial charge in [0.1, 0.15) is 19.8 Å². The number of esters is 2. The predicted octanol–water partition coefficient (Wildman–Crippen LogP) is 11.3. The van der Waals surface area contributed by atoms with Crippen molar-refractivity contribution in [2.45, 2.75) is 174 Å². The van der Waals surface area contributed by atoms with Gasteiger partial charge in [0.15, 0.2) is 6.10 Å². The van der Waals surface area contributed by atoms with Gasteiger partial charge in [0.05, 0.1) is 27.7 Å². The van der Waals surface area contributed by atoms with E-state index in [0.717, 1.165) is 38.5 Å². The van der Waals surface area contributed by atoms with Crippen LogP contribution in [0.2, 0.25) is 0 Å². The van der Waals surface area contributed by atoms with Crippen LogP contribution in [-0.4, -0.2) is 70.0 Å². The van der Waals surface area contributed by atoms with Crippen LogP contribution in [0.25, 0.3) is 0 Å². The van der Waals surface area contributed by atoms with Crippen LogP contribution in [-0.2, 0) is 32.7 Å². The molecule has 2 unspecified atom stereocenters. The molecule has 0 aromatic rings. The van der Waals surface area contributed by atoms with Crippen LogP contribution in [0.15, 0.2) is 48.6 Å². The van der Waals surface area contributed by atoms with Crippen LogP contribution in [0.5, 0.6) is 0 Å². The molecule has 314 valence electrons. The molecule has 0 aliphatic rings. The van der Waals surface area contributed by atoms with Gasteiger partial charge < -0.3 is 27.9 Å². The van der Waals surface area contributed by atoms with E-state index in [2.05, 4.69) is 50.3 Å². The third kappa shape index (κ3) is 39.7. The SMILES string of the molecule is CCCCCC/C=C\C/C=C\C/C=C\C/C=C\CCC(=O)OC(COC(=O)CCCCCCCCCCCCCCC)COP(=O)([O-])OCC[N+](C)(C)C. The van der Waals surface area contributed by atoms with Crippen LogP contribution in [0.3, 0.4) is 0 Å². The lowest BCUT2D eigenvalue weighted by Crippen LogP contribution is -2.37. The molecule has 54 heavy (non-hydrogen) atoms. The van der Waals surface area contributed by atoms with Crippen molar-refractivity contribution in [3.05, 3.63) is 48.6 Å². The van der Waals surface area contributed by atoms with Gasteiger partial charge in [0.2, 0.25) is 0 Å². The molecule has 0 N–H and O–H groups in total. The molecule has 0 saturated heterocycles. The lowest BCUT2D eigenvalue weighted by Gasteiger charge is -2.28. The highest BCUT2D eigenvalue weighted by atomic mass is 31.2. The number of phosphoric acid groups is 1. The second-order valence-electron chi connectivity index (χ2n) is 15.4. The van der Waals surface area contributed by atoms with Crippen molar-refractivity contribution in [3.8, 4) is 0 Å². The van der Waals surface area contributed by atoms with Crippen LogP contribution in [0.1, 0.15) is 168 Å². The molecule has 0 heterocycles. The van der Waals surface area contributed by atoms with Crippen molar-refractivity contribution in [1.29, 1.82) is 0 Å². The van der Waals surface area contributed by atoms with Crippen LogP contribution >= 0.6 is 7.82 Å². The number of nitrogens with zero attached hydrogens (tertiary/aromatic N) is 1. The molecule has 2 atom stereocenters. The number of likely N-dealkylation sites (N-methyl/N-ethyl adjacent to an activating group) is 1. The lowest BCUT2D eigenvalue weighted by atomic mass is 10.0. The van der Waals surface area contributed by atoms with E-state index in [-0.39, 0.29) is 26.1 Å². The normalized spacial score (nSPS) is 14.1. The van der Waals surface area contributed by atoms with Crippen LogP contribution in [0, 0.1) is 0 Å². The number of hydrogen-bond donors (Lipinski definition) is 0. The Labute approximate surface area is 331 Å². The Morgan fingerprint density at radius 2 is 1.04 bits per heavy atom. The molecule has 0 spiro atoms. The van der Waals surface area contributed by atoms with Gasteiger partial charge in [-0.05, 0) is 44.9 Å². The van der Waals surface area contributed by atoms with E-state index in [1.54, 1.807) is 0 Å². The Kier molecular flexibility index (Phi) is 35.2. The summed E-state index contributed by atoms with van der Waals surface area (Å²) in [5.41, 5.74) is 0. The highest BCUT2D eigenvalue weighted by molar-refractivity contribution is 7.45. The second kappa shape index (κ2) is 36.6. The summed E-state index contributed by atoms with van der Waals surface area (Å²) in [4.78, 5) is 37.4. The minimum absolute atomic E-state index is 0.0437. The Morgan fingerprint density at radius 3 is 1.56 bits per heavy atom. The number of carbonyl (C=O) groups excluding carboxylic acids is 2. The molecule has 0 amide bonds. The molecule has 0 saturated carbocycles. The number of carbonyl (C=O) groups is 2. The summed E-state index contributed by atoms with van der Waals surface area (Å²) in [5, 5.41) is 0. The first kappa shape index (κ1) is 52.0. The predicted molar refractivity (Wildman–Crippen MR) is 222 cm³/mol. The molecule has 9 nitrogen and oxygen atoms in total. The first-order valence-electron chi connectivity index (χ1n) is 21.3. The van der Waals surface area contributed by atoms with Crippen molar-refractivity contribution in [2.24, 2.45) is 0 Å². The molecule has 0 aromatic carbocycles. The molecule has 0 aliphatic carbocycles. The molecule has 10 heteroatoms. The Morgan fingerprint density at radius 1 is 0.574 bits per heavy atom. The molecule has 0 bridgehead atoms. The fourth-order valence-electron chi connectivity index (χ4n) is 5.48. The van der Waals surface area contributed by atoms with Gasteiger partial charge in [-0.1, -0.05) is 159 Å². The highest BCUT2D eigenvalue weighted by Gasteiger charge is 2.21. The van der Waals surface area contributed by atoms with E-state index in [1.807, 2.05) is 33.3 Å². The molecular weight excluding hydrogens is 701 g/mol. The average Bonchev–Trinajstić information content (AvgIpc) is 3.12. The van der Waals surface area contributed by atoms with Gasteiger partial charge in [-0.2, -0.15) is 0 Å². The fourth-order valence-corrected chi connectivity index (χ4v) is 6.21. The van der Waals surface area contributed by atoms with Gasteiger partial charge in [0, 0.05) is 12.8 Å². The zero-order valence-electron chi connectivity index (χ0n) is 35.2. The maximum absolute atomic E-state index is 12.6.